The van der Waals surface area contributed by atoms with Gasteiger partial charge in [-0.3, -0.25) is 38.4 Å². The first kappa shape index (κ1) is 53.0. The lowest BCUT2D eigenvalue weighted by Gasteiger charge is -2.33. The molecule has 2 fully saturated rings. The fraction of sp³-hybridized carbons (Fsp3) is 0.682. The summed E-state index contributed by atoms with van der Waals surface area (Å²) < 4.78 is 31.6. The Hall–Kier alpha value is -5.58. The molecule has 4 unspecified atom stereocenters. The van der Waals surface area contributed by atoms with E-state index >= 15 is 0 Å². The smallest absolute Gasteiger partial charge is 0.274 e. The number of aromatic nitrogens is 2. The number of ether oxygens (including phenoxy) is 4. The minimum atomic E-state index is -1.27. The van der Waals surface area contributed by atoms with E-state index in [1.165, 1.54) is 26.4 Å². The summed E-state index contributed by atoms with van der Waals surface area (Å²) in [5.74, 6) is -4.05. The highest BCUT2D eigenvalue weighted by Crippen LogP contribution is 2.36. The topological polar surface area (TPSA) is 304 Å². The second-order valence-electron chi connectivity index (χ2n) is 19.0. The third-order valence-corrected chi connectivity index (χ3v) is 10.9. The average Bonchev–Trinajstić information content (AvgIpc) is 4.09. The zero-order chi connectivity index (χ0) is 49.1. The van der Waals surface area contributed by atoms with Crippen LogP contribution in [0.2, 0.25) is 0 Å². The van der Waals surface area contributed by atoms with Gasteiger partial charge in [0.15, 0.2) is 28.6 Å². The van der Waals surface area contributed by atoms with Gasteiger partial charge in [0.25, 0.3) is 11.8 Å². The fourth-order valence-electron chi connectivity index (χ4n) is 7.05. The van der Waals surface area contributed by atoms with Crippen LogP contribution in [-0.2, 0) is 54.1 Å². The van der Waals surface area contributed by atoms with Crippen molar-refractivity contribution in [1.29, 1.82) is 0 Å². The van der Waals surface area contributed by atoms with Gasteiger partial charge in [0.2, 0.25) is 23.6 Å². The van der Waals surface area contributed by atoms with Crippen LogP contribution in [0.15, 0.2) is 21.2 Å². The van der Waals surface area contributed by atoms with Gasteiger partial charge < -0.3 is 59.9 Å². The Kier molecular flexibility index (Phi) is 18.3. The van der Waals surface area contributed by atoms with E-state index in [-0.39, 0.29) is 86.2 Å². The SMILES string of the molecule is COCC(NC(=O)c1cc(C)on1)C(=O)NCC(=O)NC(CC(C)C)C(=O)[C@@]1(CCc2cc(C(=O)NC(COC)C(=O)N[C@H](C(=O)NC(CC(C)C)C(=O)[C@@]3(C)CO3)C(C)(C)C)no2)CO1. The van der Waals surface area contributed by atoms with Crippen LogP contribution in [-0.4, -0.2) is 146 Å². The number of carbonyl (C=O) groups is 8. The number of carbonyl (C=O) groups excluding carboxylic acids is 8. The van der Waals surface area contributed by atoms with Crippen LogP contribution in [0.4, 0.5) is 0 Å². The zero-order valence-corrected chi connectivity index (χ0v) is 39.7. The van der Waals surface area contributed by atoms with Crippen molar-refractivity contribution in [3.05, 3.63) is 35.0 Å². The van der Waals surface area contributed by atoms with E-state index in [0.29, 0.717) is 12.2 Å². The number of hydrogen-bond acceptors (Lipinski definition) is 16. The molecule has 366 valence electrons. The summed E-state index contributed by atoms with van der Waals surface area (Å²) >= 11 is 0. The van der Waals surface area contributed by atoms with Crippen LogP contribution in [0, 0.1) is 24.2 Å². The first-order valence-corrected chi connectivity index (χ1v) is 21.9. The molecule has 0 aromatic carbocycles. The Labute approximate surface area is 383 Å². The minimum absolute atomic E-state index is 0.0223. The highest BCUT2D eigenvalue weighted by molar-refractivity contribution is 6.01. The second-order valence-corrected chi connectivity index (χ2v) is 19.0. The molecule has 0 aliphatic carbocycles. The van der Waals surface area contributed by atoms with Crippen molar-refractivity contribution in [2.75, 3.05) is 47.2 Å². The van der Waals surface area contributed by atoms with Gasteiger partial charge in [-0.2, -0.15) is 0 Å². The highest BCUT2D eigenvalue weighted by atomic mass is 16.6. The molecule has 0 spiro atoms. The van der Waals surface area contributed by atoms with Gasteiger partial charge in [-0.25, -0.2) is 0 Å². The minimum Gasteiger partial charge on any atom is -0.382 e. The number of epoxide rings is 2. The Morgan fingerprint density at radius 1 is 0.697 bits per heavy atom. The molecule has 6 amide bonds. The van der Waals surface area contributed by atoms with Gasteiger partial charge in [-0.15, -0.1) is 0 Å². The molecule has 22 nitrogen and oxygen atoms in total. The van der Waals surface area contributed by atoms with Gasteiger partial charge in [0.1, 0.15) is 35.2 Å². The Bertz CT molecular complexity index is 2070. The van der Waals surface area contributed by atoms with Crippen molar-refractivity contribution in [2.45, 2.75) is 129 Å². The number of methoxy groups -OCH3 is 2. The standard InChI is InChI=1S/C44H66N8O14/c1-23(2)14-27(35(54)43(9)21-63-43)47-41(60)34(42(6,7)8)50-40(59)32(20-62-11)49-39(58)30-17-26(66-52-30)12-13-44(22-64-44)36(55)28(15-24(3)4)46-33(53)18-45-37(56)31(19-61-10)48-38(57)29-16-25(5)65-51-29/h16-17,23-24,27-28,31-32,34H,12-15,18-22H2,1-11H3,(H,45,56)(H,46,53)(H,47,60)(H,48,57)(H,49,58)(H,50,59)/t27?,28?,31?,32?,34-,43-,44-/m1/s1. The highest BCUT2D eigenvalue weighted by Gasteiger charge is 2.54. The number of nitrogens with one attached hydrogen (secondary N) is 6. The van der Waals surface area contributed by atoms with E-state index in [2.05, 4.69) is 42.2 Å². The maximum absolute atomic E-state index is 13.9. The number of nitrogens with zero attached hydrogens (tertiary/aromatic N) is 2. The van der Waals surface area contributed by atoms with Crippen LogP contribution in [0.1, 0.15) is 107 Å². The lowest BCUT2D eigenvalue weighted by molar-refractivity contribution is -0.136. The van der Waals surface area contributed by atoms with Crippen LogP contribution in [0.25, 0.3) is 0 Å². The summed E-state index contributed by atoms with van der Waals surface area (Å²) in [4.78, 5) is 106. The average molecular weight is 931 g/mol. The van der Waals surface area contributed by atoms with Gasteiger partial charge in [-0.05, 0) is 50.4 Å². The number of amides is 6. The van der Waals surface area contributed by atoms with Crippen molar-refractivity contribution in [3.8, 4) is 0 Å². The van der Waals surface area contributed by atoms with E-state index in [1.807, 2.05) is 27.7 Å². The maximum atomic E-state index is 13.9. The van der Waals surface area contributed by atoms with Gasteiger partial charge in [-0.1, -0.05) is 58.8 Å². The van der Waals surface area contributed by atoms with Crippen molar-refractivity contribution in [1.82, 2.24) is 42.2 Å². The fourth-order valence-corrected chi connectivity index (χ4v) is 7.05. The molecule has 4 heterocycles. The molecule has 2 saturated heterocycles. The third-order valence-electron chi connectivity index (χ3n) is 10.9. The molecule has 2 aliphatic rings. The predicted molar refractivity (Wildman–Crippen MR) is 233 cm³/mol. The summed E-state index contributed by atoms with van der Waals surface area (Å²) in [6.07, 6.45) is 0.865. The van der Waals surface area contributed by atoms with E-state index in [1.54, 1.807) is 34.6 Å². The van der Waals surface area contributed by atoms with Crippen LogP contribution >= 0.6 is 0 Å². The molecule has 0 bridgehead atoms. The molecule has 2 aromatic rings. The van der Waals surface area contributed by atoms with Gasteiger partial charge in [0, 0.05) is 32.8 Å². The summed E-state index contributed by atoms with van der Waals surface area (Å²) in [6, 6.07) is -2.59. The number of aryl methyl sites for hydroxylation is 2. The first-order valence-electron chi connectivity index (χ1n) is 21.9. The normalized spacial score (nSPS) is 20.0. The number of ketones is 2. The van der Waals surface area contributed by atoms with Gasteiger partial charge >= 0.3 is 0 Å². The summed E-state index contributed by atoms with van der Waals surface area (Å²) in [7, 11) is 2.68. The summed E-state index contributed by atoms with van der Waals surface area (Å²) in [5.41, 5.74) is -3.25. The lowest BCUT2D eigenvalue weighted by atomic mass is 9.85. The molecule has 6 N–H and O–H groups in total. The van der Waals surface area contributed by atoms with Crippen LogP contribution < -0.4 is 31.9 Å². The number of Topliss-reactive ketones (excluding diaryl/α,β-unsaturated/α-hetero) is 2. The van der Waals surface area contributed by atoms with E-state index in [9.17, 15) is 38.4 Å². The third kappa shape index (κ3) is 15.0. The Morgan fingerprint density at radius 2 is 1.23 bits per heavy atom. The van der Waals surface area contributed by atoms with Crippen LogP contribution in [0.3, 0.4) is 0 Å². The molecule has 22 heteroatoms. The van der Waals surface area contributed by atoms with Crippen molar-refractivity contribution >= 4 is 47.0 Å². The molecular formula is C44H66N8O14. The molecule has 0 radical (unpaired) electrons. The summed E-state index contributed by atoms with van der Waals surface area (Å²) in [6.45, 7) is 15.5. The number of hydrogen-bond donors (Lipinski definition) is 6. The first-order chi connectivity index (χ1) is 30.9. The quantitative estimate of drug-likeness (QED) is 0.0665. The predicted octanol–water partition coefficient (Wildman–Crippen LogP) is 0.498. The lowest BCUT2D eigenvalue weighted by Crippen LogP contribution is -2.61. The second kappa shape index (κ2) is 22.7. The molecule has 4 rings (SSSR count). The maximum Gasteiger partial charge on any atom is 0.274 e. The zero-order valence-electron chi connectivity index (χ0n) is 39.7. The van der Waals surface area contributed by atoms with Crippen molar-refractivity contribution < 1.29 is 66.3 Å². The Balaban J connectivity index is 1.34. The monoisotopic (exact) mass is 930 g/mol. The molecule has 2 aliphatic heterocycles. The molecular weight excluding hydrogens is 865 g/mol. The van der Waals surface area contributed by atoms with Crippen LogP contribution in [0.5, 0.6) is 0 Å². The largest absolute Gasteiger partial charge is 0.382 e. The van der Waals surface area contributed by atoms with E-state index in [0.717, 1.165) is 0 Å². The van der Waals surface area contributed by atoms with E-state index < -0.39 is 88.8 Å². The molecule has 0 saturated carbocycles. The van der Waals surface area contributed by atoms with Crippen molar-refractivity contribution in [3.63, 3.8) is 0 Å². The van der Waals surface area contributed by atoms with Gasteiger partial charge in [0.05, 0.1) is 45.1 Å². The molecule has 7 atom stereocenters. The van der Waals surface area contributed by atoms with Crippen molar-refractivity contribution in [2.24, 2.45) is 17.3 Å². The molecule has 66 heavy (non-hydrogen) atoms. The number of rotatable bonds is 27. The Morgan fingerprint density at radius 3 is 1.71 bits per heavy atom. The summed E-state index contributed by atoms with van der Waals surface area (Å²) in [5, 5.41) is 23.3. The van der Waals surface area contributed by atoms with E-state index in [4.69, 9.17) is 28.0 Å². The molecule has 2 aromatic heterocycles.